The molecule has 0 radical (unpaired) electrons. The Morgan fingerprint density at radius 1 is 1.10 bits per heavy atom. The van der Waals surface area contributed by atoms with E-state index in [1.165, 1.54) is 25.7 Å². The van der Waals surface area contributed by atoms with Crippen molar-refractivity contribution in [2.24, 2.45) is 4.99 Å². The first-order valence-electron chi connectivity index (χ1n) is 8.50. The second-order valence-corrected chi connectivity index (χ2v) is 5.52. The molecule has 0 bridgehead atoms. The minimum absolute atomic E-state index is 0.398. The monoisotopic (exact) mass is 299 g/mol. The number of nitrogens with zero attached hydrogens (tertiary/aromatic N) is 1. The van der Waals surface area contributed by atoms with Gasteiger partial charge in [0.1, 0.15) is 0 Å². The number of ether oxygens (including phenoxy) is 2. The average molecular weight is 299 g/mol. The van der Waals surface area contributed by atoms with E-state index in [0.29, 0.717) is 6.10 Å². The van der Waals surface area contributed by atoms with Gasteiger partial charge in [0.2, 0.25) is 0 Å². The molecular weight excluding hydrogens is 266 g/mol. The SMILES string of the molecule is CCCCCCNC(=NC)NCCCOC1CCOCC1. The lowest BCUT2D eigenvalue weighted by molar-refractivity contribution is -0.0320. The molecule has 1 heterocycles. The fraction of sp³-hybridized carbons (Fsp3) is 0.938. The van der Waals surface area contributed by atoms with Crippen LogP contribution < -0.4 is 10.6 Å². The van der Waals surface area contributed by atoms with Crippen LogP contribution in [0.3, 0.4) is 0 Å². The highest BCUT2D eigenvalue weighted by Gasteiger charge is 2.13. The first kappa shape index (κ1) is 18.2. The molecule has 0 atom stereocenters. The first-order valence-corrected chi connectivity index (χ1v) is 8.50. The van der Waals surface area contributed by atoms with Gasteiger partial charge in [-0.1, -0.05) is 26.2 Å². The first-order chi connectivity index (χ1) is 10.4. The van der Waals surface area contributed by atoms with E-state index >= 15 is 0 Å². The van der Waals surface area contributed by atoms with Crippen LogP contribution in [-0.2, 0) is 9.47 Å². The van der Waals surface area contributed by atoms with Crippen LogP contribution in [0.15, 0.2) is 4.99 Å². The average Bonchev–Trinajstić information content (AvgIpc) is 2.53. The van der Waals surface area contributed by atoms with E-state index in [9.17, 15) is 0 Å². The van der Waals surface area contributed by atoms with Crippen LogP contribution >= 0.6 is 0 Å². The molecule has 0 aromatic carbocycles. The zero-order chi connectivity index (χ0) is 15.2. The fourth-order valence-corrected chi connectivity index (χ4v) is 2.35. The van der Waals surface area contributed by atoms with E-state index in [2.05, 4.69) is 22.5 Å². The Balaban J connectivity index is 1.94. The number of rotatable bonds is 10. The molecule has 1 saturated heterocycles. The van der Waals surface area contributed by atoms with E-state index in [0.717, 1.165) is 58.1 Å². The van der Waals surface area contributed by atoms with Gasteiger partial charge in [0.15, 0.2) is 5.96 Å². The van der Waals surface area contributed by atoms with E-state index in [4.69, 9.17) is 9.47 Å². The number of unbranched alkanes of at least 4 members (excludes halogenated alkanes) is 3. The summed E-state index contributed by atoms with van der Waals surface area (Å²) < 4.78 is 11.2. The van der Waals surface area contributed by atoms with Crippen molar-refractivity contribution in [3.05, 3.63) is 0 Å². The summed E-state index contributed by atoms with van der Waals surface area (Å²) in [5.74, 6) is 0.901. The standard InChI is InChI=1S/C16H33N3O2/c1-3-4-5-6-10-18-16(17-2)19-11-7-12-21-15-8-13-20-14-9-15/h15H,3-14H2,1-2H3,(H2,17,18,19). The van der Waals surface area contributed by atoms with E-state index in [-0.39, 0.29) is 0 Å². The zero-order valence-electron chi connectivity index (χ0n) is 13.8. The molecule has 0 aromatic heterocycles. The second-order valence-electron chi connectivity index (χ2n) is 5.52. The molecule has 21 heavy (non-hydrogen) atoms. The van der Waals surface area contributed by atoms with Crippen LogP contribution in [0.4, 0.5) is 0 Å². The predicted molar refractivity (Wildman–Crippen MR) is 87.9 cm³/mol. The van der Waals surface area contributed by atoms with Crippen molar-refractivity contribution in [2.75, 3.05) is 40.0 Å². The Morgan fingerprint density at radius 3 is 2.48 bits per heavy atom. The number of hydrogen-bond acceptors (Lipinski definition) is 3. The lowest BCUT2D eigenvalue weighted by Gasteiger charge is -2.22. The third-order valence-electron chi connectivity index (χ3n) is 3.68. The third-order valence-corrected chi connectivity index (χ3v) is 3.68. The fourth-order valence-electron chi connectivity index (χ4n) is 2.35. The lowest BCUT2D eigenvalue weighted by Crippen LogP contribution is -2.38. The molecule has 0 aliphatic carbocycles. The van der Waals surface area contributed by atoms with Crippen molar-refractivity contribution in [3.8, 4) is 0 Å². The van der Waals surface area contributed by atoms with Gasteiger partial charge in [-0.25, -0.2) is 0 Å². The third kappa shape index (κ3) is 9.69. The molecule has 1 aliphatic rings. The number of hydrogen-bond donors (Lipinski definition) is 2. The van der Waals surface area contributed by atoms with Crippen LogP contribution in [0.1, 0.15) is 51.9 Å². The van der Waals surface area contributed by atoms with E-state index in [1.807, 2.05) is 7.05 Å². The topological polar surface area (TPSA) is 54.9 Å². The molecule has 0 spiro atoms. The number of nitrogens with one attached hydrogen (secondary N) is 2. The van der Waals surface area contributed by atoms with Crippen molar-refractivity contribution in [1.82, 2.24) is 10.6 Å². The summed E-state index contributed by atoms with van der Waals surface area (Å²) in [7, 11) is 1.82. The van der Waals surface area contributed by atoms with Crippen molar-refractivity contribution in [1.29, 1.82) is 0 Å². The highest BCUT2D eigenvalue weighted by atomic mass is 16.5. The van der Waals surface area contributed by atoms with Gasteiger partial charge >= 0.3 is 0 Å². The molecule has 0 amide bonds. The molecule has 1 fully saturated rings. The molecule has 5 nitrogen and oxygen atoms in total. The van der Waals surface area contributed by atoms with Gasteiger partial charge in [0.25, 0.3) is 0 Å². The highest BCUT2D eigenvalue weighted by molar-refractivity contribution is 5.79. The minimum Gasteiger partial charge on any atom is -0.381 e. The van der Waals surface area contributed by atoms with Gasteiger partial charge in [-0.2, -0.15) is 0 Å². The minimum atomic E-state index is 0.398. The van der Waals surface area contributed by atoms with Gasteiger partial charge in [-0.3, -0.25) is 4.99 Å². The Hall–Kier alpha value is -0.810. The van der Waals surface area contributed by atoms with Gasteiger partial charge in [0.05, 0.1) is 6.10 Å². The maximum atomic E-state index is 5.84. The van der Waals surface area contributed by atoms with Gasteiger partial charge < -0.3 is 20.1 Å². The lowest BCUT2D eigenvalue weighted by atomic mass is 10.1. The predicted octanol–water partition coefficient (Wildman–Crippen LogP) is 2.32. The molecule has 124 valence electrons. The van der Waals surface area contributed by atoms with Gasteiger partial charge in [-0.05, 0) is 25.7 Å². The van der Waals surface area contributed by atoms with Crippen LogP contribution in [0, 0.1) is 0 Å². The van der Waals surface area contributed by atoms with Crippen LogP contribution in [-0.4, -0.2) is 52.0 Å². The van der Waals surface area contributed by atoms with Crippen molar-refractivity contribution in [3.63, 3.8) is 0 Å². The van der Waals surface area contributed by atoms with E-state index in [1.54, 1.807) is 0 Å². The normalized spacial score (nSPS) is 17.0. The summed E-state index contributed by atoms with van der Waals surface area (Å²) in [6.45, 7) is 6.63. The molecular formula is C16H33N3O2. The molecule has 1 aliphatic heterocycles. The summed E-state index contributed by atoms with van der Waals surface area (Å²) in [5, 5.41) is 6.68. The molecule has 1 rings (SSSR count). The van der Waals surface area contributed by atoms with Crippen molar-refractivity contribution >= 4 is 5.96 Å². The second kappa shape index (κ2) is 12.9. The maximum absolute atomic E-state index is 5.84. The zero-order valence-corrected chi connectivity index (χ0v) is 13.8. The summed E-state index contributed by atoms with van der Waals surface area (Å²) in [4.78, 5) is 4.23. The molecule has 0 saturated carbocycles. The Labute approximate surface area is 129 Å². The summed E-state index contributed by atoms with van der Waals surface area (Å²) >= 11 is 0. The summed E-state index contributed by atoms with van der Waals surface area (Å²) in [5.41, 5.74) is 0. The Kier molecular flexibility index (Phi) is 11.2. The molecule has 5 heteroatoms. The molecule has 0 unspecified atom stereocenters. The Bertz CT molecular complexity index is 266. The number of aliphatic imine (C=N–C) groups is 1. The van der Waals surface area contributed by atoms with Crippen molar-refractivity contribution < 1.29 is 9.47 Å². The Morgan fingerprint density at radius 2 is 1.81 bits per heavy atom. The van der Waals surface area contributed by atoms with Crippen LogP contribution in [0.5, 0.6) is 0 Å². The van der Waals surface area contributed by atoms with E-state index < -0.39 is 0 Å². The van der Waals surface area contributed by atoms with Crippen molar-refractivity contribution in [2.45, 2.75) is 58.0 Å². The van der Waals surface area contributed by atoms with Gasteiger partial charge in [0, 0.05) is 40.0 Å². The summed E-state index contributed by atoms with van der Waals surface area (Å²) in [6, 6.07) is 0. The molecule has 2 N–H and O–H groups in total. The smallest absolute Gasteiger partial charge is 0.190 e. The quantitative estimate of drug-likeness (QED) is 0.369. The summed E-state index contributed by atoms with van der Waals surface area (Å²) in [6.07, 6.45) is 8.57. The maximum Gasteiger partial charge on any atom is 0.190 e. The van der Waals surface area contributed by atoms with Gasteiger partial charge in [-0.15, -0.1) is 0 Å². The van der Waals surface area contributed by atoms with Crippen LogP contribution in [0.2, 0.25) is 0 Å². The molecule has 0 aromatic rings. The highest BCUT2D eigenvalue weighted by Crippen LogP contribution is 2.10. The largest absolute Gasteiger partial charge is 0.381 e. The number of guanidine groups is 1. The van der Waals surface area contributed by atoms with Crippen LogP contribution in [0.25, 0.3) is 0 Å².